The molecule has 2 aromatic carbocycles. The number of hydrogen-bond acceptors (Lipinski definition) is 3. The highest BCUT2D eigenvalue weighted by molar-refractivity contribution is 7.98. The van der Waals surface area contributed by atoms with Gasteiger partial charge in [0.05, 0.1) is 6.54 Å². The van der Waals surface area contributed by atoms with Crippen LogP contribution in [0.4, 0.5) is 4.39 Å². The predicted octanol–water partition coefficient (Wildman–Crippen LogP) is 5.29. The second kappa shape index (κ2) is 8.90. The summed E-state index contributed by atoms with van der Waals surface area (Å²) in [5, 5.41) is 1.23. The number of hydrogen-bond donors (Lipinski definition) is 2. The average molecular weight is 462 g/mol. The number of carbonyl (C=O) groups excluding carboxylic acids is 1. The summed E-state index contributed by atoms with van der Waals surface area (Å²) in [5.74, 6) is -0.613. The van der Waals surface area contributed by atoms with Crippen LogP contribution in [0.3, 0.4) is 0 Å². The zero-order chi connectivity index (χ0) is 22.9. The van der Waals surface area contributed by atoms with E-state index < -0.39 is 0 Å². The van der Waals surface area contributed by atoms with E-state index in [1.54, 1.807) is 36.5 Å². The number of nitrogens with zero attached hydrogens (tertiary/aromatic N) is 1. The average Bonchev–Trinajstić information content (AvgIpc) is 3.61. The number of halogens is 1. The molecule has 0 spiro atoms. The number of carbonyl (C=O) groups is 1. The second-order valence-corrected chi connectivity index (χ2v) is 9.37. The van der Waals surface area contributed by atoms with E-state index in [9.17, 15) is 14.0 Å². The Morgan fingerprint density at radius 3 is 2.73 bits per heavy atom. The third-order valence-electron chi connectivity index (χ3n) is 5.97. The first kappa shape index (κ1) is 21.5. The molecule has 2 heterocycles. The molecule has 1 fully saturated rings. The minimum absolute atomic E-state index is 0.177. The van der Waals surface area contributed by atoms with Crippen LogP contribution in [0.5, 0.6) is 0 Å². The smallest absolute Gasteiger partial charge is 0.278 e. The van der Waals surface area contributed by atoms with Crippen molar-refractivity contribution in [3.63, 3.8) is 0 Å². The van der Waals surface area contributed by atoms with E-state index in [1.165, 1.54) is 18.0 Å². The maximum atomic E-state index is 14.6. The molecule has 7 heteroatoms. The Labute approximate surface area is 195 Å². The highest BCUT2D eigenvalue weighted by atomic mass is 32.2. The predicted molar refractivity (Wildman–Crippen MR) is 131 cm³/mol. The van der Waals surface area contributed by atoms with Crippen molar-refractivity contribution < 1.29 is 9.18 Å². The van der Waals surface area contributed by atoms with Gasteiger partial charge in [0, 0.05) is 39.0 Å². The number of nitrogens with one attached hydrogen (secondary N) is 2. The Bertz CT molecular complexity index is 1400. The van der Waals surface area contributed by atoms with Crippen LogP contribution in [0.25, 0.3) is 22.0 Å². The van der Waals surface area contributed by atoms with Gasteiger partial charge in [0.25, 0.3) is 11.5 Å². The van der Waals surface area contributed by atoms with Gasteiger partial charge in [-0.25, -0.2) is 4.39 Å². The SMILES string of the molecule is CCc1ccc2c(c1)c(-c1ccc[nH]c1=O)c(C(=O)NSC1CC1)n2Cc1ccccc1F. The molecule has 0 aliphatic heterocycles. The number of amides is 1. The number of fused-ring (bicyclic) bond motifs is 1. The van der Waals surface area contributed by atoms with Crippen molar-refractivity contribution in [2.24, 2.45) is 0 Å². The maximum absolute atomic E-state index is 14.6. The Morgan fingerprint density at radius 1 is 1.18 bits per heavy atom. The minimum atomic E-state index is -0.331. The lowest BCUT2D eigenvalue weighted by Gasteiger charge is -2.13. The van der Waals surface area contributed by atoms with Gasteiger partial charge in [0.1, 0.15) is 11.5 Å². The molecule has 2 N–H and O–H groups in total. The zero-order valence-electron chi connectivity index (χ0n) is 18.2. The number of aryl methyl sites for hydroxylation is 1. The fourth-order valence-corrected chi connectivity index (χ4v) is 4.82. The summed E-state index contributed by atoms with van der Waals surface area (Å²) in [4.78, 5) is 29.1. The van der Waals surface area contributed by atoms with Gasteiger partial charge in [-0.3, -0.25) is 14.3 Å². The van der Waals surface area contributed by atoms with E-state index in [1.807, 2.05) is 22.8 Å². The van der Waals surface area contributed by atoms with Gasteiger partial charge in [-0.2, -0.15) is 0 Å². The van der Waals surface area contributed by atoms with Crippen LogP contribution in [0.15, 0.2) is 65.6 Å². The van der Waals surface area contributed by atoms with Crippen molar-refractivity contribution >= 4 is 28.8 Å². The van der Waals surface area contributed by atoms with Crippen molar-refractivity contribution in [1.82, 2.24) is 14.3 Å². The molecule has 5 rings (SSSR count). The fourth-order valence-electron chi connectivity index (χ4n) is 4.08. The zero-order valence-corrected chi connectivity index (χ0v) is 19.0. The number of aromatic nitrogens is 2. The summed E-state index contributed by atoms with van der Waals surface area (Å²) in [6.45, 7) is 2.24. The molecule has 0 bridgehead atoms. The Morgan fingerprint density at radius 2 is 2.00 bits per heavy atom. The lowest BCUT2D eigenvalue weighted by atomic mass is 10.0. The molecule has 0 unspecified atom stereocenters. The summed E-state index contributed by atoms with van der Waals surface area (Å²) in [6.07, 6.45) is 4.55. The molecule has 5 nitrogen and oxygen atoms in total. The van der Waals surface area contributed by atoms with Gasteiger partial charge in [-0.05, 0) is 67.1 Å². The molecule has 0 saturated heterocycles. The number of rotatable bonds is 7. The van der Waals surface area contributed by atoms with Crippen molar-refractivity contribution in [1.29, 1.82) is 0 Å². The molecule has 33 heavy (non-hydrogen) atoms. The number of aromatic amines is 1. The summed E-state index contributed by atoms with van der Waals surface area (Å²) >= 11 is 1.42. The summed E-state index contributed by atoms with van der Waals surface area (Å²) in [7, 11) is 0. The molecule has 1 aliphatic carbocycles. The second-order valence-electron chi connectivity index (χ2n) is 8.27. The Balaban J connectivity index is 1.78. The quantitative estimate of drug-likeness (QED) is 0.368. The molecule has 0 atom stereocenters. The lowest BCUT2D eigenvalue weighted by Crippen LogP contribution is -2.23. The van der Waals surface area contributed by atoms with Crippen LogP contribution in [0.2, 0.25) is 0 Å². The van der Waals surface area contributed by atoms with Crippen molar-refractivity contribution in [3.8, 4) is 11.1 Å². The third kappa shape index (κ3) is 4.20. The van der Waals surface area contributed by atoms with Crippen LogP contribution in [-0.2, 0) is 13.0 Å². The standard InChI is InChI=1S/C26H24FN3O2S/c1-2-16-9-12-22-20(14-16)23(19-7-5-13-28-25(19)31)24(26(32)29-33-18-10-11-18)30(22)15-17-6-3-4-8-21(17)27/h3-9,12-14,18H,2,10-11,15H2,1H3,(H,28,31)(H,29,32). The van der Waals surface area contributed by atoms with Crippen LogP contribution in [0, 0.1) is 5.82 Å². The molecule has 168 valence electrons. The number of pyridine rings is 1. The van der Waals surface area contributed by atoms with Gasteiger partial charge in [-0.15, -0.1) is 0 Å². The fraction of sp³-hybridized carbons (Fsp3) is 0.231. The van der Waals surface area contributed by atoms with E-state index in [2.05, 4.69) is 16.6 Å². The van der Waals surface area contributed by atoms with Crippen LogP contribution in [0.1, 0.15) is 41.4 Å². The van der Waals surface area contributed by atoms with E-state index in [-0.39, 0.29) is 23.8 Å². The monoisotopic (exact) mass is 461 g/mol. The van der Waals surface area contributed by atoms with Crippen molar-refractivity contribution in [3.05, 3.63) is 93.8 Å². The minimum Gasteiger partial charge on any atom is -0.331 e. The lowest BCUT2D eigenvalue weighted by molar-refractivity contribution is 0.0977. The molecule has 4 aromatic rings. The molecule has 1 saturated carbocycles. The van der Waals surface area contributed by atoms with Crippen molar-refractivity contribution in [2.75, 3.05) is 0 Å². The van der Waals surface area contributed by atoms with Crippen LogP contribution >= 0.6 is 11.9 Å². The van der Waals surface area contributed by atoms with Crippen LogP contribution in [-0.4, -0.2) is 20.7 Å². The van der Waals surface area contributed by atoms with Gasteiger partial charge in [0.15, 0.2) is 0 Å². The van der Waals surface area contributed by atoms with Gasteiger partial charge in [0.2, 0.25) is 0 Å². The topological polar surface area (TPSA) is 66.9 Å². The maximum Gasteiger partial charge on any atom is 0.278 e. The van der Waals surface area contributed by atoms with E-state index in [0.717, 1.165) is 35.7 Å². The highest BCUT2D eigenvalue weighted by Gasteiger charge is 2.28. The summed E-state index contributed by atoms with van der Waals surface area (Å²) in [5.41, 5.74) is 3.46. The third-order valence-corrected chi connectivity index (χ3v) is 7.08. The normalized spacial score (nSPS) is 13.4. The highest BCUT2D eigenvalue weighted by Crippen LogP contribution is 2.37. The Kier molecular flexibility index (Phi) is 5.81. The number of H-pyrrole nitrogens is 1. The van der Waals surface area contributed by atoms with E-state index in [0.29, 0.717) is 27.6 Å². The first-order valence-electron chi connectivity index (χ1n) is 11.1. The summed E-state index contributed by atoms with van der Waals surface area (Å²) in [6, 6.07) is 16.0. The van der Waals surface area contributed by atoms with Crippen LogP contribution < -0.4 is 10.3 Å². The first-order valence-corrected chi connectivity index (χ1v) is 12.0. The largest absolute Gasteiger partial charge is 0.331 e. The van der Waals surface area contributed by atoms with Gasteiger partial charge in [-0.1, -0.05) is 31.2 Å². The van der Waals surface area contributed by atoms with E-state index in [4.69, 9.17) is 0 Å². The van der Waals surface area contributed by atoms with E-state index >= 15 is 0 Å². The molecular weight excluding hydrogens is 437 g/mol. The molecule has 0 radical (unpaired) electrons. The molecule has 2 aromatic heterocycles. The van der Waals surface area contributed by atoms with Crippen molar-refractivity contribution in [2.45, 2.75) is 38.0 Å². The number of benzene rings is 2. The molecule has 1 amide bonds. The van der Waals surface area contributed by atoms with Gasteiger partial charge < -0.3 is 9.55 Å². The Hall–Kier alpha value is -3.32. The molecular formula is C26H24FN3O2S. The summed E-state index contributed by atoms with van der Waals surface area (Å²) < 4.78 is 19.4. The first-order chi connectivity index (χ1) is 16.1. The van der Waals surface area contributed by atoms with Gasteiger partial charge >= 0.3 is 0 Å². The molecule has 1 aliphatic rings.